The Morgan fingerprint density at radius 1 is 1.29 bits per heavy atom. The van der Waals surface area contributed by atoms with Crippen molar-refractivity contribution in [3.05, 3.63) is 29.6 Å². The number of hydrogen-bond donors (Lipinski definition) is 1. The summed E-state index contributed by atoms with van der Waals surface area (Å²) in [5, 5.41) is 3.66. The summed E-state index contributed by atoms with van der Waals surface area (Å²) in [4.78, 5) is 7.25. The van der Waals surface area contributed by atoms with Crippen molar-refractivity contribution in [1.82, 2.24) is 15.2 Å². The van der Waals surface area contributed by atoms with Gasteiger partial charge in [0.05, 0.1) is 5.69 Å². The number of nitrogens with one attached hydrogen (secondary N) is 1. The van der Waals surface area contributed by atoms with Crippen LogP contribution >= 0.6 is 0 Å². The Hall–Kier alpha value is -0.930. The van der Waals surface area contributed by atoms with Gasteiger partial charge in [-0.3, -0.25) is 9.88 Å². The number of pyridine rings is 1. The van der Waals surface area contributed by atoms with E-state index in [1.807, 2.05) is 0 Å². The van der Waals surface area contributed by atoms with Crippen molar-refractivity contribution in [1.29, 1.82) is 0 Å². The highest BCUT2D eigenvalue weighted by atomic mass is 15.2. The minimum atomic E-state index is 0.218. The van der Waals surface area contributed by atoms with Crippen LogP contribution in [0.3, 0.4) is 0 Å². The van der Waals surface area contributed by atoms with Crippen LogP contribution in [0, 0.1) is 12.8 Å². The van der Waals surface area contributed by atoms with Crippen LogP contribution in [0.4, 0.5) is 0 Å². The molecule has 1 aromatic heterocycles. The fourth-order valence-corrected chi connectivity index (χ4v) is 3.07. The lowest BCUT2D eigenvalue weighted by atomic mass is 9.78. The molecular formula is C18H31N3. The first kappa shape index (κ1) is 16.4. The predicted octanol–water partition coefficient (Wildman–Crippen LogP) is 3.38. The maximum atomic E-state index is 4.65. The fraction of sp³-hybridized carbons (Fsp3) is 0.722. The van der Waals surface area contributed by atoms with Gasteiger partial charge in [0.25, 0.3) is 0 Å². The molecule has 2 atom stereocenters. The summed E-state index contributed by atoms with van der Waals surface area (Å²) < 4.78 is 0. The molecule has 2 rings (SSSR count). The summed E-state index contributed by atoms with van der Waals surface area (Å²) in [5.41, 5.74) is 2.53. The summed E-state index contributed by atoms with van der Waals surface area (Å²) >= 11 is 0. The minimum Gasteiger partial charge on any atom is -0.312 e. The number of aryl methyl sites for hydroxylation is 1. The molecule has 0 radical (unpaired) electrons. The van der Waals surface area contributed by atoms with E-state index >= 15 is 0 Å². The van der Waals surface area contributed by atoms with E-state index in [0.29, 0.717) is 6.04 Å². The molecule has 118 valence electrons. The molecule has 0 aromatic carbocycles. The Labute approximate surface area is 130 Å². The third kappa shape index (κ3) is 4.79. The third-order valence-corrected chi connectivity index (χ3v) is 4.46. The van der Waals surface area contributed by atoms with Crippen molar-refractivity contribution >= 4 is 0 Å². The van der Waals surface area contributed by atoms with E-state index in [0.717, 1.165) is 31.2 Å². The van der Waals surface area contributed by atoms with Gasteiger partial charge in [-0.2, -0.15) is 0 Å². The maximum absolute atomic E-state index is 4.65. The lowest BCUT2D eigenvalue weighted by Gasteiger charge is -2.45. The van der Waals surface area contributed by atoms with Gasteiger partial charge in [0.15, 0.2) is 0 Å². The van der Waals surface area contributed by atoms with E-state index in [-0.39, 0.29) is 5.54 Å². The zero-order valence-electron chi connectivity index (χ0n) is 14.3. The Morgan fingerprint density at radius 2 is 2.05 bits per heavy atom. The Kier molecular flexibility index (Phi) is 5.39. The Morgan fingerprint density at radius 3 is 2.57 bits per heavy atom. The van der Waals surface area contributed by atoms with Crippen LogP contribution in [0.2, 0.25) is 0 Å². The SMILES string of the molecule is CCN(Cc1cccc(C)n1)C1CCC1CNC(C)(C)C. The molecule has 3 heteroatoms. The van der Waals surface area contributed by atoms with Crippen LogP contribution in [0.5, 0.6) is 0 Å². The topological polar surface area (TPSA) is 28.2 Å². The second-order valence-electron chi connectivity index (χ2n) is 7.37. The number of hydrogen-bond acceptors (Lipinski definition) is 3. The summed E-state index contributed by atoms with van der Waals surface area (Å²) in [6.07, 6.45) is 2.68. The van der Waals surface area contributed by atoms with Crippen molar-refractivity contribution in [2.45, 2.75) is 65.6 Å². The average Bonchev–Trinajstić information content (AvgIpc) is 2.35. The number of aromatic nitrogens is 1. The second-order valence-corrected chi connectivity index (χ2v) is 7.37. The van der Waals surface area contributed by atoms with Gasteiger partial charge in [0, 0.05) is 23.8 Å². The first-order chi connectivity index (χ1) is 9.89. The van der Waals surface area contributed by atoms with Crippen LogP contribution in [0.15, 0.2) is 18.2 Å². The van der Waals surface area contributed by atoms with Crippen molar-refractivity contribution in [3.8, 4) is 0 Å². The first-order valence-electron chi connectivity index (χ1n) is 8.30. The summed E-state index contributed by atoms with van der Waals surface area (Å²) in [6, 6.07) is 7.05. The lowest BCUT2D eigenvalue weighted by Crippen LogP contribution is -2.52. The number of nitrogens with zero attached hydrogens (tertiary/aromatic N) is 2. The molecule has 1 aliphatic carbocycles. The maximum Gasteiger partial charge on any atom is 0.0547 e. The van der Waals surface area contributed by atoms with Gasteiger partial charge in [-0.1, -0.05) is 13.0 Å². The van der Waals surface area contributed by atoms with Gasteiger partial charge >= 0.3 is 0 Å². The zero-order valence-corrected chi connectivity index (χ0v) is 14.3. The third-order valence-electron chi connectivity index (χ3n) is 4.46. The smallest absolute Gasteiger partial charge is 0.0547 e. The molecule has 1 fully saturated rings. The van der Waals surface area contributed by atoms with E-state index in [1.54, 1.807) is 0 Å². The molecule has 21 heavy (non-hydrogen) atoms. The molecule has 1 N–H and O–H groups in total. The largest absolute Gasteiger partial charge is 0.312 e. The van der Waals surface area contributed by atoms with Crippen LogP contribution in [0.25, 0.3) is 0 Å². The average molecular weight is 289 g/mol. The molecule has 2 unspecified atom stereocenters. The molecule has 3 nitrogen and oxygen atoms in total. The van der Waals surface area contributed by atoms with Crippen molar-refractivity contribution in [2.75, 3.05) is 13.1 Å². The monoisotopic (exact) mass is 289 g/mol. The van der Waals surface area contributed by atoms with Crippen LogP contribution in [0.1, 0.15) is 51.9 Å². The minimum absolute atomic E-state index is 0.218. The summed E-state index contributed by atoms with van der Waals surface area (Å²) in [7, 11) is 0. The summed E-state index contributed by atoms with van der Waals surface area (Å²) in [5.74, 6) is 0.786. The van der Waals surface area contributed by atoms with E-state index in [4.69, 9.17) is 0 Å². The quantitative estimate of drug-likeness (QED) is 0.870. The van der Waals surface area contributed by atoms with E-state index in [2.05, 4.69) is 68.0 Å². The molecule has 1 saturated carbocycles. The lowest BCUT2D eigenvalue weighted by molar-refractivity contribution is 0.0553. The molecule has 1 heterocycles. The molecule has 0 saturated heterocycles. The summed E-state index contributed by atoms with van der Waals surface area (Å²) in [6.45, 7) is 14.3. The van der Waals surface area contributed by atoms with Gasteiger partial charge in [-0.05, 0) is 71.7 Å². The van der Waals surface area contributed by atoms with Crippen LogP contribution in [-0.4, -0.2) is 34.6 Å². The highest BCUT2D eigenvalue weighted by Crippen LogP contribution is 2.32. The highest BCUT2D eigenvalue weighted by Gasteiger charge is 2.35. The molecular weight excluding hydrogens is 258 g/mol. The zero-order chi connectivity index (χ0) is 15.5. The predicted molar refractivity (Wildman–Crippen MR) is 89.3 cm³/mol. The van der Waals surface area contributed by atoms with Gasteiger partial charge in [0.1, 0.15) is 0 Å². The molecule has 1 aromatic rings. The van der Waals surface area contributed by atoms with Crippen molar-refractivity contribution in [3.63, 3.8) is 0 Å². The Bertz CT molecular complexity index is 450. The normalized spacial score (nSPS) is 22.4. The van der Waals surface area contributed by atoms with Crippen LogP contribution in [-0.2, 0) is 6.54 Å². The standard InChI is InChI=1S/C18H31N3/c1-6-21(13-16-9-7-8-14(2)20-16)17-11-10-15(17)12-19-18(3,4)5/h7-9,15,17,19H,6,10-13H2,1-5H3. The van der Waals surface area contributed by atoms with E-state index in [9.17, 15) is 0 Å². The highest BCUT2D eigenvalue weighted by molar-refractivity contribution is 5.10. The van der Waals surface area contributed by atoms with E-state index < -0.39 is 0 Å². The molecule has 0 amide bonds. The second kappa shape index (κ2) is 6.89. The van der Waals surface area contributed by atoms with Gasteiger partial charge in [0.2, 0.25) is 0 Å². The first-order valence-corrected chi connectivity index (χ1v) is 8.30. The molecule has 0 spiro atoms. The fourth-order valence-electron chi connectivity index (χ4n) is 3.07. The molecule has 0 aliphatic heterocycles. The number of rotatable bonds is 6. The van der Waals surface area contributed by atoms with Gasteiger partial charge in [-0.25, -0.2) is 0 Å². The van der Waals surface area contributed by atoms with Crippen molar-refractivity contribution in [2.24, 2.45) is 5.92 Å². The van der Waals surface area contributed by atoms with Gasteiger partial charge in [-0.15, -0.1) is 0 Å². The van der Waals surface area contributed by atoms with E-state index in [1.165, 1.54) is 18.5 Å². The van der Waals surface area contributed by atoms with Crippen molar-refractivity contribution < 1.29 is 0 Å². The molecule has 0 bridgehead atoms. The van der Waals surface area contributed by atoms with Gasteiger partial charge < -0.3 is 5.32 Å². The van der Waals surface area contributed by atoms with Crippen LogP contribution < -0.4 is 5.32 Å². The molecule has 1 aliphatic rings. The Balaban J connectivity index is 1.92.